The van der Waals surface area contributed by atoms with Crippen molar-refractivity contribution in [1.82, 2.24) is 9.80 Å². The van der Waals surface area contributed by atoms with E-state index in [2.05, 4.69) is 0 Å². The van der Waals surface area contributed by atoms with Gasteiger partial charge in [-0.2, -0.15) is 0 Å². The normalized spacial score (nSPS) is 34.8. The molecule has 3 fully saturated rings. The number of hydrogen-bond donors (Lipinski definition) is 0. The standard InChI is InChI=1S/C12H18N2O2/c15-11-9-5-1-3-7-13(9)12(16)10-6-2-4-8-14(10)11/h9-10H,1-8H2/t9-,10-/m1/s1. The molecule has 0 aliphatic carbocycles. The highest BCUT2D eigenvalue weighted by atomic mass is 16.2. The molecule has 0 unspecified atom stereocenters. The first-order valence-corrected chi connectivity index (χ1v) is 6.40. The molecule has 3 rings (SSSR count). The lowest BCUT2D eigenvalue weighted by Crippen LogP contribution is -2.66. The smallest absolute Gasteiger partial charge is 0.246 e. The summed E-state index contributed by atoms with van der Waals surface area (Å²) in [6.07, 6.45) is 6.02. The van der Waals surface area contributed by atoms with Crippen LogP contribution in [0, 0.1) is 0 Å². The summed E-state index contributed by atoms with van der Waals surface area (Å²) in [5, 5.41) is 0. The molecule has 0 N–H and O–H groups in total. The highest BCUT2D eigenvalue weighted by Crippen LogP contribution is 2.30. The molecular weight excluding hydrogens is 204 g/mol. The van der Waals surface area contributed by atoms with E-state index in [0.717, 1.165) is 51.6 Å². The van der Waals surface area contributed by atoms with Crippen molar-refractivity contribution in [3.05, 3.63) is 0 Å². The van der Waals surface area contributed by atoms with E-state index < -0.39 is 0 Å². The molecule has 2 amide bonds. The maximum Gasteiger partial charge on any atom is 0.246 e. The Balaban J connectivity index is 1.89. The second-order valence-electron chi connectivity index (χ2n) is 5.09. The molecule has 4 nitrogen and oxygen atoms in total. The van der Waals surface area contributed by atoms with Gasteiger partial charge in [-0.1, -0.05) is 0 Å². The third kappa shape index (κ3) is 1.35. The molecule has 0 bridgehead atoms. The molecule has 3 saturated heterocycles. The number of piperazine rings is 1. The minimum absolute atomic E-state index is 0.129. The van der Waals surface area contributed by atoms with Crippen molar-refractivity contribution >= 4 is 11.8 Å². The third-order valence-electron chi connectivity index (χ3n) is 4.14. The zero-order valence-electron chi connectivity index (χ0n) is 9.52. The number of carbonyl (C=O) groups is 2. The largest absolute Gasteiger partial charge is 0.329 e. The molecule has 0 aromatic carbocycles. The molecule has 0 saturated carbocycles. The van der Waals surface area contributed by atoms with Crippen LogP contribution < -0.4 is 0 Å². The van der Waals surface area contributed by atoms with Crippen LogP contribution in [0.1, 0.15) is 38.5 Å². The Morgan fingerprint density at radius 1 is 0.750 bits per heavy atom. The molecule has 2 atom stereocenters. The lowest BCUT2D eigenvalue weighted by Gasteiger charge is -2.48. The summed E-state index contributed by atoms with van der Waals surface area (Å²) in [4.78, 5) is 28.2. The van der Waals surface area contributed by atoms with Crippen molar-refractivity contribution in [2.75, 3.05) is 13.1 Å². The molecule has 3 heterocycles. The lowest BCUT2D eigenvalue weighted by atomic mass is 9.91. The van der Waals surface area contributed by atoms with Gasteiger partial charge in [-0.15, -0.1) is 0 Å². The van der Waals surface area contributed by atoms with E-state index >= 15 is 0 Å². The summed E-state index contributed by atoms with van der Waals surface area (Å²) >= 11 is 0. The SMILES string of the molecule is O=C1[C@H]2CCCCN2C(=O)[C@H]2CCCCN12. The highest BCUT2D eigenvalue weighted by Gasteiger charge is 2.46. The Bertz CT molecular complexity index is 269. The van der Waals surface area contributed by atoms with Gasteiger partial charge < -0.3 is 9.80 Å². The molecule has 0 radical (unpaired) electrons. The van der Waals surface area contributed by atoms with E-state index in [1.54, 1.807) is 0 Å². The van der Waals surface area contributed by atoms with Crippen LogP contribution in [0.15, 0.2) is 0 Å². The fraction of sp³-hybridized carbons (Fsp3) is 0.833. The van der Waals surface area contributed by atoms with Crippen LogP contribution in [-0.4, -0.2) is 46.8 Å². The van der Waals surface area contributed by atoms with Crippen LogP contribution in [-0.2, 0) is 9.59 Å². The van der Waals surface area contributed by atoms with Gasteiger partial charge in [0.25, 0.3) is 0 Å². The number of amides is 2. The van der Waals surface area contributed by atoms with Gasteiger partial charge >= 0.3 is 0 Å². The van der Waals surface area contributed by atoms with Crippen LogP contribution in [0.25, 0.3) is 0 Å². The third-order valence-corrected chi connectivity index (χ3v) is 4.14. The summed E-state index contributed by atoms with van der Waals surface area (Å²) in [7, 11) is 0. The average molecular weight is 222 g/mol. The molecule has 0 aromatic rings. The van der Waals surface area contributed by atoms with Gasteiger partial charge in [0.05, 0.1) is 0 Å². The molecule has 0 spiro atoms. The first kappa shape index (κ1) is 10.1. The zero-order valence-corrected chi connectivity index (χ0v) is 9.52. The highest BCUT2D eigenvalue weighted by molar-refractivity contribution is 5.97. The number of rotatable bonds is 0. The minimum atomic E-state index is -0.129. The van der Waals surface area contributed by atoms with Crippen molar-refractivity contribution in [2.24, 2.45) is 0 Å². The topological polar surface area (TPSA) is 40.6 Å². The zero-order chi connectivity index (χ0) is 11.1. The van der Waals surface area contributed by atoms with Gasteiger partial charge in [-0.25, -0.2) is 0 Å². The Morgan fingerprint density at radius 3 is 1.62 bits per heavy atom. The Kier molecular flexibility index (Phi) is 2.37. The number of piperidine rings is 2. The fourth-order valence-electron chi connectivity index (χ4n) is 3.29. The van der Waals surface area contributed by atoms with Crippen LogP contribution in [0.2, 0.25) is 0 Å². The van der Waals surface area contributed by atoms with Gasteiger partial charge in [0.1, 0.15) is 12.1 Å². The molecule has 3 aliphatic heterocycles. The minimum Gasteiger partial charge on any atom is -0.329 e. The summed E-state index contributed by atoms with van der Waals surface area (Å²) < 4.78 is 0. The molecule has 3 aliphatic rings. The second kappa shape index (κ2) is 3.75. The first-order chi connectivity index (χ1) is 7.79. The van der Waals surface area contributed by atoms with E-state index in [1.807, 2.05) is 9.80 Å². The second-order valence-corrected chi connectivity index (χ2v) is 5.09. The molecule has 4 heteroatoms. The van der Waals surface area contributed by atoms with Crippen molar-refractivity contribution in [1.29, 1.82) is 0 Å². The maximum atomic E-state index is 12.3. The van der Waals surface area contributed by atoms with Crippen molar-refractivity contribution in [3.8, 4) is 0 Å². The lowest BCUT2D eigenvalue weighted by molar-refractivity contribution is -0.165. The van der Waals surface area contributed by atoms with E-state index in [4.69, 9.17) is 0 Å². The first-order valence-electron chi connectivity index (χ1n) is 6.40. The molecule has 16 heavy (non-hydrogen) atoms. The van der Waals surface area contributed by atoms with E-state index in [1.165, 1.54) is 0 Å². The summed E-state index contributed by atoms with van der Waals surface area (Å²) in [5.74, 6) is 0.424. The van der Waals surface area contributed by atoms with Crippen molar-refractivity contribution in [2.45, 2.75) is 50.6 Å². The van der Waals surface area contributed by atoms with Crippen LogP contribution in [0.4, 0.5) is 0 Å². The van der Waals surface area contributed by atoms with Gasteiger partial charge in [0.15, 0.2) is 0 Å². The van der Waals surface area contributed by atoms with Crippen LogP contribution >= 0.6 is 0 Å². The summed E-state index contributed by atoms with van der Waals surface area (Å²) in [6, 6.07) is -0.258. The maximum absolute atomic E-state index is 12.3. The Morgan fingerprint density at radius 2 is 1.19 bits per heavy atom. The quantitative estimate of drug-likeness (QED) is 0.607. The van der Waals surface area contributed by atoms with Crippen LogP contribution in [0.5, 0.6) is 0 Å². The predicted octanol–water partition coefficient (Wildman–Crippen LogP) is 0.762. The average Bonchev–Trinajstić information content (AvgIpc) is 2.36. The molecular formula is C12H18N2O2. The van der Waals surface area contributed by atoms with E-state index in [9.17, 15) is 9.59 Å². The molecule has 0 aromatic heterocycles. The Hall–Kier alpha value is -1.06. The van der Waals surface area contributed by atoms with Gasteiger partial charge in [0.2, 0.25) is 11.8 Å². The van der Waals surface area contributed by atoms with E-state index in [0.29, 0.717) is 0 Å². The number of fused-ring (bicyclic) bond motifs is 2. The summed E-state index contributed by atoms with van der Waals surface area (Å²) in [6.45, 7) is 1.58. The van der Waals surface area contributed by atoms with Crippen LogP contribution in [0.3, 0.4) is 0 Å². The number of carbonyl (C=O) groups excluding carboxylic acids is 2. The van der Waals surface area contributed by atoms with Crippen molar-refractivity contribution in [3.63, 3.8) is 0 Å². The number of hydrogen-bond acceptors (Lipinski definition) is 2. The fourth-order valence-corrected chi connectivity index (χ4v) is 3.29. The van der Waals surface area contributed by atoms with Crippen molar-refractivity contribution < 1.29 is 9.59 Å². The Labute approximate surface area is 95.6 Å². The predicted molar refractivity (Wildman–Crippen MR) is 58.7 cm³/mol. The van der Waals surface area contributed by atoms with Gasteiger partial charge in [-0.3, -0.25) is 9.59 Å². The monoisotopic (exact) mass is 222 g/mol. The van der Waals surface area contributed by atoms with Gasteiger partial charge in [0, 0.05) is 13.1 Å². The summed E-state index contributed by atoms with van der Waals surface area (Å²) in [5.41, 5.74) is 0. The van der Waals surface area contributed by atoms with E-state index in [-0.39, 0.29) is 23.9 Å². The number of nitrogens with zero attached hydrogens (tertiary/aromatic N) is 2. The molecule has 88 valence electrons. The van der Waals surface area contributed by atoms with Gasteiger partial charge in [-0.05, 0) is 38.5 Å².